The van der Waals surface area contributed by atoms with E-state index in [4.69, 9.17) is 9.47 Å². The van der Waals surface area contributed by atoms with Gasteiger partial charge in [-0.05, 0) is 17.5 Å². The number of nitrogens with one attached hydrogen (secondary N) is 1. The maximum atomic E-state index is 12.1. The third-order valence-electron chi connectivity index (χ3n) is 5.28. The van der Waals surface area contributed by atoms with Gasteiger partial charge < -0.3 is 14.8 Å². The van der Waals surface area contributed by atoms with Crippen molar-refractivity contribution in [1.29, 1.82) is 0 Å². The Morgan fingerprint density at radius 1 is 1.31 bits per heavy atom. The molecule has 2 fully saturated rings. The van der Waals surface area contributed by atoms with Crippen molar-refractivity contribution in [3.63, 3.8) is 0 Å². The van der Waals surface area contributed by atoms with E-state index in [9.17, 15) is 4.79 Å². The Labute approximate surface area is 153 Å². The number of rotatable bonds is 4. The second-order valence-corrected chi connectivity index (χ2v) is 6.88. The molecule has 0 radical (unpaired) electrons. The maximum absolute atomic E-state index is 12.1. The highest BCUT2D eigenvalue weighted by atomic mass is 16.5. The Bertz CT molecular complexity index is 766. The highest BCUT2D eigenvalue weighted by Gasteiger charge is 2.48. The number of piperidine rings is 1. The van der Waals surface area contributed by atoms with Crippen LogP contribution in [0.4, 0.5) is 0 Å². The van der Waals surface area contributed by atoms with Gasteiger partial charge in [0.25, 0.3) is 0 Å². The zero-order valence-electron chi connectivity index (χ0n) is 14.9. The van der Waals surface area contributed by atoms with Gasteiger partial charge in [0.1, 0.15) is 6.61 Å². The van der Waals surface area contributed by atoms with Gasteiger partial charge in [0.15, 0.2) is 0 Å². The van der Waals surface area contributed by atoms with Crippen LogP contribution in [0.3, 0.4) is 0 Å². The van der Waals surface area contributed by atoms with E-state index in [1.165, 1.54) is 0 Å². The van der Waals surface area contributed by atoms with Crippen molar-refractivity contribution in [2.45, 2.75) is 24.6 Å². The van der Waals surface area contributed by atoms with E-state index in [0.717, 1.165) is 37.2 Å². The summed E-state index contributed by atoms with van der Waals surface area (Å²) in [5.74, 6) is 0.576. The lowest BCUT2D eigenvalue weighted by atomic mass is 9.77. The summed E-state index contributed by atoms with van der Waals surface area (Å²) in [5, 5.41) is 3.23. The number of morpholine rings is 1. The number of pyridine rings is 1. The number of likely N-dealkylation sites (tertiary alicyclic amines) is 1. The van der Waals surface area contributed by atoms with Crippen LogP contribution in [0.5, 0.6) is 5.88 Å². The number of amides is 1. The number of hydrogen-bond donors (Lipinski definition) is 1. The molecule has 2 saturated heterocycles. The molecular weight excluding hydrogens is 330 g/mol. The van der Waals surface area contributed by atoms with E-state index in [2.05, 4.69) is 27.3 Å². The fourth-order valence-electron chi connectivity index (χ4n) is 3.94. The zero-order valence-corrected chi connectivity index (χ0v) is 14.9. The minimum absolute atomic E-state index is 0.0436. The molecule has 1 N–H and O–H groups in total. The summed E-state index contributed by atoms with van der Waals surface area (Å²) in [7, 11) is 1.62. The summed E-state index contributed by atoms with van der Waals surface area (Å²) in [4.78, 5) is 18.7. The minimum atomic E-state index is -0.439. The molecule has 3 heterocycles. The van der Waals surface area contributed by atoms with E-state index < -0.39 is 5.54 Å². The summed E-state index contributed by atoms with van der Waals surface area (Å²) >= 11 is 0. The first-order chi connectivity index (χ1) is 12.7. The van der Waals surface area contributed by atoms with E-state index in [0.29, 0.717) is 5.88 Å². The highest BCUT2D eigenvalue weighted by molar-refractivity contribution is 5.79. The molecule has 0 bridgehead atoms. The van der Waals surface area contributed by atoms with Crippen LogP contribution in [0.2, 0.25) is 0 Å². The van der Waals surface area contributed by atoms with Gasteiger partial charge in [0.05, 0.1) is 18.8 Å². The van der Waals surface area contributed by atoms with E-state index in [1.54, 1.807) is 7.11 Å². The predicted octanol–water partition coefficient (Wildman–Crippen LogP) is 1.71. The van der Waals surface area contributed by atoms with Gasteiger partial charge >= 0.3 is 0 Å². The Morgan fingerprint density at radius 3 is 2.88 bits per heavy atom. The van der Waals surface area contributed by atoms with Crippen LogP contribution in [-0.4, -0.2) is 48.7 Å². The third-order valence-corrected chi connectivity index (χ3v) is 5.28. The van der Waals surface area contributed by atoms with Crippen LogP contribution in [0.1, 0.15) is 17.5 Å². The molecule has 1 amide bonds. The number of carbonyl (C=O) groups is 1. The van der Waals surface area contributed by atoms with E-state index in [1.807, 2.05) is 36.5 Å². The number of carbonyl (C=O) groups excluding carboxylic acids is 1. The van der Waals surface area contributed by atoms with Crippen LogP contribution in [0.25, 0.3) is 0 Å². The molecule has 4 rings (SSSR count). The number of nitrogens with zero attached hydrogens (tertiary/aromatic N) is 2. The molecule has 2 aliphatic rings. The molecule has 6 nitrogen and oxygen atoms in total. The van der Waals surface area contributed by atoms with Crippen LogP contribution in [0, 0.1) is 0 Å². The second kappa shape index (κ2) is 7.05. The summed E-state index contributed by atoms with van der Waals surface area (Å²) in [6, 6.07) is 14.1. The summed E-state index contributed by atoms with van der Waals surface area (Å²) < 4.78 is 11.1. The van der Waals surface area contributed by atoms with Gasteiger partial charge in [-0.3, -0.25) is 9.69 Å². The van der Waals surface area contributed by atoms with Gasteiger partial charge in [0.2, 0.25) is 11.8 Å². The van der Waals surface area contributed by atoms with Gasteiger partial charge in [0, 0.05) is 31.9 Å². The Balaban J connectivity index is 1.52. The number of fused-ring (bicyclic) bond motifs is 1. The normalized spacial score (nSPS) is 26.0. The fraction of sp³-hybridized carbons (Fsp3) is 0.400. The van der Waals surface area contributed by atoms with Crippen molar-refractivity contribution < 1.29 is 14.3 Å². The summed E-state index contributed by atoms with van der Waals surface area (Å²) in [5.41, 5.74) is 1.81. The van der Waals surface area contributed by atoms with Crippen LogP contribution >= 0.6 is 0 Å². The minimum Gasteiger partial charge on any atom is -0.481 e. The molecule has 0 unspecified atom stereocenters. The van der Waals surface area contributed by atoms with Gasteiger partial charge in [-0.1, -0.05) is 36.4 Å². The molecule has 26 heavy (non-hydrogen) atoms. The van der Waals surface area contributed by atoms with E-state index in [-0.39, 0.29) is 18.6 Å². The second-order valence-electron chi connectivity index (χ2n) is 6.88. The van der Waals surface area contributed by atoms with Gasteiger partial charge in [-0.15, -0.1) is 0 Å². The first-order valence-corrected chi connectivity index (χ1v) is 8.89. The van der Waals surface area contributed by atoms with Crippen molar-refractivity contribution >= 4 is 5.91 Å². The number of hydrogen-bond acceptors (Lipinski definition) is 5. The summed E-state index contributed by atoms with van der Waals surface area (Å²) in [6.45, 7) is 2.56. The topological polar surface area (TPSA) is 63.7 Å². The van der Waals surface area contributed by atoms with Gasteiger partial charge in [-0.25, -0.2) is 4.98 Å². The van der Waals surface area contributed by atoms with Crippen molar-refractivity contribution in [2.24, 2.45) is 0 Å². The van der Waals surface area contributed by atoms with Crippen LogP contribution < -0.4 is 10.1 Å². The first kappa shape index (κ1) is 17.0. The zero-order chi connectivity index (χ0) is 18.0. The fourth-order valence-corrected chi connectivity index (χ4v) is 3.94. The SMILES string of the molecule is COc1ccc(CN2CC[C@@]3(c4ccccc4)NC(=O)CO[C@@H]3C2)cn1. The molecular formula is C20H23N3O3. The maximum Gasteiger partial charge on any atom is 0.246 e. The Hall–Kier alpha value is -2.44. The van der Waals surface area contributed by atoms with Gasteiger partial charge in [-0.2, -0.15) is 0 Å². The monoisotopic (exact) mass is 353 g/mol. The lowest BCUT2D eigenvalue weighted by Crippen LogP contribution is -2.66. The van der Waals surface area contributed by atoms with Crippen molar-refractivity contribution in [3.8, 4) is 5.88 Å². The lowest BCUT2D eigenvalue weighted by Gasteiger charge is -2.50. The largest absolute Gasteiger partial charge is 0.481 e. The predicted molar refractivity (Wildman–Crippen MR) is 96.7 cm³/mol. The number of ether oxygens (including phenoxy) is 2. The molecule has 6 heteroatoms. The first-order valence-electron chi connectivity index (χ1n) is 8.89. The number of aromatic nitrogens is 1. The van der Waals surface area contributed by atoms with Crippen LogP contribution in [0.15, 0.2) is 48.7 Å². The molecule has 2 aliphatic heterocycles. The average molecular weight is 353 g/mol. The molecule has 0 spiro atoms. The molecule has 0 saturated carbocycles. The quantitative estimate of drug-likeness (QED) is 0.907. The number of methoxy groups -OCH3 is 1. The van der Waals surface area contributed by atoms with Crippen molar-refractivity contribution in [2.75, 3.05) is 26.8 Å². The molecule has 2 aromatic rings. The average Bonchev–Trinajstić information content (AvgIpc) is 2.69. The highest BCUT2D eigenvalue weighted by Crippen LogP contribution is 2.37. The van der Waals surface area contributed by atoms with Crippen molar-refractivity contribution in [1.82, 2.24) is 15.2 Å². The molecule has 136 valence electrons. The van der Waals surface area contributed by atoms with E-state index >= 15 is 0 Å². The van der Waals surface area contributed by atoms with Crippen LogP contribution in [-0.2, 0) is 21.6 Å². The number of benzene rings is 1. The van der Waals surface area contributed by atoms with Crippen molar-refractivity contribution in [3.05, 3.63) is 59.8 Å². The summed E-state index contributed by atoms with van der Waals surface area (Å²) in [6.07, 6.45) is 2.60. The smallest absolute Gasteiger partial charge is 0.246 e. The standard InChI is InChI=1S/C20H23N3O3/c1-25-19-8-7-15(11-21-19)12-23-10-9-20(16-5-3-2-4-6-16)17(13-23)26-14-18(24)22-20/h2-8,11,17H,9-10,12-14H2,1H3,(H,22,24)/t17-,20+/m1/s1. The Morgan fingerprint density at radius 2 is 2.15 bits per heavy atom. The molecule has 2 atom stereocenters. The molecule has 0 aliphatic carbocycles. The molecule has 1 aromatic carbocycles. The molecule has 1 aromatic heterocycles. The third kappa shape index (κ3) is 3.18. The Kier molecular flexibility index (Phi) is 4.61. The lowest BCUT2D eigenvalue weighted by molar-refractivity contribution is -0.152.